The van der Waals surface area contributed by atoms with Crippen molar-refractivity contribution in [3.05, 3.63) is 0 Å². The van der Waals surface area contributed by atoms with Crippen LogP contribution in [-0.2, 0) is 4.79 Å². The molecule has 0 radical (unpaired) electrons. The molecule has 1 saturated heterocycles. The summed E-state index contributed by atoms with van der Waals surface area (Å²) in [7, 11) is 0. The van der Waals surface area contributed by atoms with E-state index in [-0.39, 0.29) is 11.8 Å². The number of primary amides is 1. The number of rotatable bonds is 3. The fraction of sp³-hybridized carbons (Fsp3) is 0.889. The SMILES string of the molecule is NC(=O)[C@@H]1CCN(C[C@@H]2CC2(Cl)Cl)C1. The molecule has 2 aliphatic rings. The zero-order valence-electron chi connectivity index (χ0n) is 7.88. The predicted molar refractivity (Wildman–Crippen MR) is 56.3 cm³/mol. The Morgan fingerprint density at radius 2 is 2.21 bits per heavy atom. The molecule has 1 aliphatic carbocycles. The number of likely N-dealkylation sites (tertiary alicyclic amines) is 1. The predicted octanol–water partition coefficient (Wildman–Crippen LogP) is 0.987. The molecule has 2 rings (SSSR count). The third-order valence-electron chi connectivity index (χ3n) is 3.11. The number of hydrogen-bond donors (Lipinski definition) is 1. The summed E-state index contributed by atoms with van der Waals surface area (Å²) < 4.78 is -0.509. The molecule has 3 nitrogen and oxygen atoms in total. The molecular weight excluding hydrogens is 223 g/mol. The Hall–Kier alpha value is 0.01000. The summed E-state index contributed by atoms with van der Waals surface area (Å²) in [5.74, 6) is 0.206. The highest BCUT2D eigenvalue weighted by Crippen LogP contribution is 2.53. The second-order valence-corrected chi connectivity index (χ2v) is 5.85. The summed E-state index contributed by atoms with van der Waals surface area (Å²) in [4.78, 5) is 13.1. The first kappa shape index (κ1) is 10.5. The Labute approximate surface area is 93.5 Å². The quantitative estimate of drug-likeness (QED) is 0.744. The molecule has 0 aromatic heterocycles. The number of hydrogen-bond acceptors (Lipinski definition) is 2. The van der Waals surface area contributed by atoms with Gasteiger partial charge in [-0.1, -0.05) is 0 Å². The molecule has 2 fully saturated rings. The molecule has 80 valence electrons. The van der Waals surface area contributed by atoms with Crippen LogP contribution in [0.25, 0.3) is 0 Å². The topological polar surface area (TPSA) is 46.3 Å². The minimum atomic E-state index is -0.509. The lowest BCUT2D eigenvalue weighted by molar-refractivity contribution is -0.121. The van der Waals surface area contributed by atoms with Crippen LogP contribution in [-0.4, -0.2) is 34.8 Å². The van der Waals surface area contributed by atoms with Crippen molar-refractivity contribution in [2.75, 3.05) is 19.6 Å². The van der Waals surface area contributed by atoms with E-state index in [4.69, 9.17) is 28.9 Å². The van der Waals surface area contributed by atoms with Crippen molar-refractivity contribution in [1.29, 1.82) is 0 Å². The van der Waals surface area contributed by atoms with Crippen molar-refractivity contribution in [1.82, 2.24) is 4.90 Å². The van der Waals surface area contributed by atoms with Gasteiger partial charge >= 0.3 is 0 Å². The standard InChI is InChI=1S/C9H14Cl2N2O/c10-9(11)3-7(9)5-13-2-1-6(4-13)8(12)14/h6-7H,1-5H2,(H2,12,14)/t6-,7+/m1/s1. The molecule has 2 N–H and O–H groups in total. The fourth-order valence-electron chi connectivity index (χ4n) is 2.01. The van der Waals surface area contributed by atoms with Gasteiger partial charge in [-0.15, -0.1) is 23.2 Å². The smallest absolute Gasteiger partial charge is 0.221 e. The van der Waals surface area contributed by atoms with Crippen LogP contribution in [0.2, 0.25) is 0 Å². The minimum Gasteiger partial charge on any atom is -0.369 e. The van der Waals surface area contributed by atoms with Gasteiger partial charge in [0.1, 0.15) is 4.33 Å². The van der Waals surface area contributed by atoms with Gasteiger partial charge in [0.15, 0.2) is 0 Å². The Morgan fingerprint density at radius 3 is 2.64 bits per heavy atom. The fourth-order valence-corrected chi connectivity index (χ4v) is 2.52. The van der Waals surface area contributed by atoms with Crippen molar-refractivity contribution in [3.63, 3.8) is 0 Å². The third-order valence-corrected chi connectivity index (χ3v) is 4.03. The Morgan fingerprint density at radius 1 is 1.57 bits per heavy atom. The van der Waals surface area contributed by atoms with Crippen molar-refractivity contribution < 1.29 is 4.79 Å². The van der Waals surface area contributed by atoms with Gasteiger partial charge in [-0.2, -0.15) is 0 Å². The van der Waals surface area contributed by atoms with Gasteiger partial charge in [-0.25, -0.2) is 0 Å². The van der Waals surface area contributed by atoms with Gasteiger partial charge < -0.3 is 10.6 Å². The lowest BCUT2D eigenvalue weighted by Gasteiger charge is -2.14. The third kappa shape index (κ3) is 2.15. The van der Waals surface area contributed by atoms with E-state index in [1.54, 1.807) is 0 Å². The maximum Gasteiger partial charge on any atom is 0.221 e. The molecule has 5 heteroatoms. The Bertz CT molecular complexity index is 257. The molecule has 1 aliphatic heterocycles. The van der Waals surface area contributed by atoms with Crippen molar-refractivity contribution in [2.24, 2.45) is 17.6 Å². The van der Waals surface area contributed by atoms with Crippen LogP contribution in [0, 0.1) is 11.8 Å². The first-order valence-electron chi connectivity index (χ1n) is 4.88. The molecule has 14 heavy (non-hydrogen) atoms. The summed E-state index contributed by atoms with van der Waals surface area (Å²) in [6.45, 7) is 2.61. The summed E-state index contributed by atoms with van der Waals surface area (Å²) >= 11 is 11.9. The monoisotopic (exact) mass is 236 g/mol. The van der Waals surface area contributed by atoms with Crippen molar-refractivity contribution >= 4 is 29.1 Å². The molecule has 0 aromatic carbocycles. The molecule has 2 atom stereocenters. The van der Waals surface area contributed by atoms with Crippen LogP contribution in [0.3, 0.4) is 0 Å². The molecule has 0 spiro atoms. The average Bonchev–Trinajstić information content (AvgIpc) is 2.51. The molecule has 1 heterocycles. The van der Waals surface area contributed by atoms with E-state index in [9.17, 15) is 4.79 Å². The summed E-state index contributed by atoms with van der Waals surface area (Å²) in [6, 6.07) is 0. The van der Waals surface area contributed by atoms with E-state index in [2.05, 4.69) is 4.90 Å². The normalized spacial score (nSPS) is 35.9. The van der Waals surface area contributed by atoms with Crippen LogP contribution < -0.4 is 5.73 Å². The number of nitrogens with zero attached hydrogens (tertiary/aromatic N) is 1. The lowest BCUT2D eigenvalue weighted by Crippen LogP contribution is -2.29. The van der Waals surface area contributed by atoms with Crippen molar-refractivity contribution in [3.8, 4) is 0 Å². The van der Waals surface area contributed by atoms with Gasteiger partial charge in [0.05, 0.1) is 5.92 Å². The van der Waals surface area contributed by atoms with E-state index < -0.39 is 4.33 Å². The largest absolute Gasteiger partial charge is 0.369 e. The molecule has 0 aromatic rings. The second kappa shape index (κ2) is 3.54. The molecule has 0 unspecified atom stereocenters. The number of nitrogens with two attached hydrogens (primary N) is 1. The molecular formula is C9H14Cl2N2O. The highest BCUT2D eigenvalue weighted by atomic mass is 35.5. The summed E-state index contributed by atoms with van der Waals surface area (Å²) in [6.07, 6.45) is 1.74. The zero-order valence-corrected chi connectivity index (χ0v) is 9.39. The number of carbonyl (C=O) groups excluding carboxylic acids is 1. The lowest BCUT2D eigenvalue weighted by atomic mass is 10.1. The maximum atomic E-state index is 10.9. The van der Waals surface area contributed by atoms with E-state index in [1.165, 1.54) is 0 Å². The number of carbonyl (C=O) groups is 1. The Kier molecular flexibility index (Phi) is 2.66. The van der Waals surface area contributed by atoms with Crippen LogP contribution in [0.4, 0.5) is 0 Å². The first-order valence-corrected chi connectivity index (χ1v) is 5.64. The van der Waals surface area contributed by atoms with Crippen LogP contribution in [0.15, 0.2) is 0 Å². The first-order chi connectivity index (χ1) is 6.49. The number of amides is 1. The van der Waals surface area contributed by atoms with E-state index in [0.717, 1.165) is 32.5 Å². The minimum absolute atomic E-state index is 0.0220. The average molecular weight is 237 g/mol. The second-order valence-electron chi connectivity index (χ2n) is 4.31. The van der Waals surface area contributed by atoms with Gasteiger partial charge in [0, 0.05) is 19.0 Å². The van der Waals surface area contributed by atoms with Gasteiger partial charge in [-0.05, 0) is 19.4 Å². The van der Waals surface area contributed by atoms with Gasteiger partial charge in [0.25, 0.3) is 0 Å². The van der Waals surface area contributed by atoms with Crippen LogP contribution >= 0.6 is 23.2 Å². The van der Waals surface area contributed by atoms with Crippen molar-refractivity contribution in [2.45, 2.75) is 17.2 Å². The Balaban J connectivity index is 1.77. The highest BCUT2D eigenvalue weighted by Gasteiger charge is 2.52. The van der Waals surface area contributed by atoms with E-state index in [0.29, 0.717) is 5.92 Å². The molecule has 1 saturated carbocycles. The van der Waals surface area contributed by atoms with Crippen LogP contribution in [0.1, 0.15) is 12.8 Å². The molecule has 1 amide bonds. The molecule has 0 bridgehead atoms. The summed E-state index contributed by atoms with van der Waals surface area (Å²) in [5, 5.41) is 0. The summed E-state index contributed by atoms with van der Waals surface area (Å²) in [5.41, 5.74) is 5.24. The maximum absolute atomic E-state index is 10.9. The highest BCUT2D eigenvalue weighted by molar-refractivity contribution is 6.50. The van der Waals surface area contributed by atoms with Crippen LogP contribution in [0.5, 0.6) is 0 Å². The van der Waals surface area contributed by atoms with E-state index in [1.807, 2.05) is 0 Å². The van der Waals surface area contributed by atoms with Gasteiger partial charge in [0.2, 0.25) is 5.91 Å². The zero-order chi connectivity index (χ0) is 10.3. The van der Waals surface area contributed by atoms with E-state index >= 15 is 0 Å². The number of alkyl halides is 2. The van der Waals surface area contributed by atoms with Gasteiger partial charge in [-0.3, -0.25) is 4.79 Å². The number of halogens is 2.